The number of fused-ring (bicyclic) bond motifs is 4. The van der Waals surface area contributed by atoms with Crippen LogP contribution in [0.1, 0.15) is 56.4 Å². The number of hydrogen-bond acceptors (Lipinski definition) is 15. The molecule has 4 aromatic rings. The van der Waals surface area contributed by atoms with E-state index >= 15 is 0 Å². The third-order valence-electron chi connectivity index (χ3n) is 6.28. The molecule has 0 saturated heterocycles. The first-order valence-electron chi connectivity index (χ1n) is 14.2. The zero-order valence-electron chi connectivity index (χ0n) is 24.6. The number of aromatic nitrogens is 8. The van der Waals surface area contributed by atoms with Crippen LogP contribution in [0, 0.1) is 0 Å². The maximum Gasteiger partial charge on any atom is 0.356 e. The molecule has 2 aliphatic rings. The second-order valence-corrected chi connectivity index (χ2v) is 9.45. The van der Waals surface area contributed by atoms with E-state index in [-0.39, 0.29) is 28.4 Å². The van der Waals surface area contributed by atoms with E-state index in [1.54, 1.807) is 11.1 Å². The number of aromatic amines is 1. The number of aromatic carboxylic acids is 1. The largest absolute Gasteiger partial charge is 0.476 e. The maximum atomic E-state index is 11.8. The van der Waals surface area contributed by atoms with Crippen LogP contribution < -0.4 is 27.7 Å². The topological polar surface area (TPSA) is 286 Å². The van der Waals surface area contributed by atoms with Crippen molar-refractivity contribution >= 4 is 40.5 Å². The fourth-order valence-corrected chi connectivity index (χ4v) is 4.16. The van der Waals surface area contributed by atoms with Crippen LogP contribution in [0.2, 0.25) is 0 Å². The Bertz CT molecular complexity index is 1780. The quantitative estimate of drug-likeness (QED) is 0.118. The van der Waals surface area contributed by atoms with E-state index in [1.165, 1.54) is 31.0 Å². The SMILES string of the molecule is NCCCNC(=O)c1nccnc1C(=O)O.NCCCNc1n[nH]c(=O)c2nccnc12.O=C1c2nccnc2C2=NCCCN12. The summed E-state index contributed by atoms with van der Waals surface area (Å²) in [6.07, 6.45) is 11.0. The predicted octanol–water partition coefficient (Wildman–Crippen LogP) is -1.19. The summed E-state index contributed by atoms with van der Waals surface area (Å²) in [5, 5.41) is 20.6. The molecule has 6 heterocycles. The number of anilines is 1. The molecule has 4 aromatic heterocycles. The molecule has 8 N–H and O–H groups in total. The van der Waals surface area contributed by atoms with Gasteiger partial charge in [-0.15, -0.1) is 0 Å². The number of carbonyl (C=O) groups excluding carboxylic acids is 2. The highest BCUT2D eigenvalue weighted by atomic mass is 16.4. The molecule has 0 aliphatic carbocycles. The van der Waals surface area contributed by atoms with Gasteiger partial charge in [-0.25, -0.2) is 39.8 Å². The maximum absolute atomic E-state index is 11.8. The van der Waals surface area contributed by atoms with Gasteiger partial charge >= 0.3 is 5.97 Å². The van der Waals surface area contributed by atoms with Crippen molar-refractivity contribution in [3.05, 3.63) is 70.3 Å². The Kier molecular flexibility index (Phi) is 11.7. The summed E-state index contributed by atoms with van der Waals surface area (Å²) in [5.41, 5.74) is 11.6. The summed E-state index contributed by atoms with van der Waals surface area (Å²) in [6.45, 7) is 3.61. The first-order chi connectivity index (χ1) is 22.4. The molecule has 46 heavy (non-hydrogen) atoms. The highest BCUT2D eigenvalue weighted by molar-refractivity contribution is 6.21. The predicted molar refractivity (Wildman–Crippen MR) is 164 cm³/mol. The van der Waals surface area contributed by atoms with E-state index in [0.29, 0.717) is 61.2 Å². The average molecular weight is 633 g/mol. The van der Waals surface area contributed by atoms with Gasteiger partial charge in [-0.05, 0) is 32.4 Å². The van der Waals surface area contributed by atoms with Crippen LogP contribution in [0.5, 0.6) is 0 Å². The summed E-state index contributed by atoms with van der Waals surface area (Å²) in [7, 11) is 0. The minimum atomic E-state index is -1.28. The van der Waals surface area contributed by atoms with Crippen molar-refractivity contribution in [2.75, 3.05) is 44.6 Å². The van der Waals surface area contributed by atoms with Gasteiger partial charge in [0.15, 0.2) is 34.3 Å². The Morgan fingerprint density at radius 1 is 0.848 bits per heavy atom. The number of aliphatic imine (C=N–C) groups is 1. The van der Waals surface area contributed by atoms with Gasteiger partial charge in [0.2, 0.25) is 0 Å². The number of carboxylic acid groups (broad SMARTS) is 1. The van der Waals surface area contributed by atoms with E-state index in [0.717, 1.165) is 25.9 Å². The first-order valence-corrected chi connectivity index (χ1v) is 14.2. The Morgan fingerprint density at radius 3 is 2.20 bits per heavy atom. The van der Waals surface area contributed by atoms with Crippen molar-refractivity contribution in [2.24, 2.45) is 16.5 Å². The standard InChI is InChI=1S/C9H12N6O.C9H12N4O3.C9H8N4O/c10-2-1-3-13-8-6-7(9(16)15-14-8)12-5-4-11-6;10-2-1-3-13-8(14)6-7(9(15)16)12-5-4-11-6;14-9-7-6(10-3-4-11-7)8-12-2-1-5-13(8)9/h2*4-5H,1-3,10H2,(H,13,14)(H,15,16);3-4H,1-2,5H2. The molecular weight excluding hydrogens is 600 g/mol. The smallest absolute Gasteiger partial charge is 0.356 e. The van der Waals surface area contributed by atoms with Crippen molar-refractivity contribution in [1.82, 2.24) is 50.3 Å². The van der Waals surface area contributed by atoms with E-state index in [4.69, 9.17) is 16.6 Å². The molecule has 0 fully saturated rings. The number of nitrogens with zero attached hydrogens (tertiary/aromatic N) is 9. The van der Waals surface area contributed by atoms with Crippen LogP contribution in [-0.4, -0.2) is 113 Å². The lowest BCUT2D eigenvalue weighted by Crippen LogP contribution is -2.35. The normalized spacial score (nSPS) is 12.9. The number of carbonyl (C=O) groups is 3. The highest BCUT2D eigenvalue weighted by Gasteiger charge is 2.37. The molecule has 0 unspecified atom stereocenters. The van der Waals surface area contributed by atoms with E-state index in [2.05, 4.69) is 55.7 Å². The van der Waals surface area contributed by atoms with Crippen LogP contribution in [0.3, 0.4) is 0 Å². The molecule has 0 saturated carbocycles. The van der Waals surface area contributed by atoms with Gasteiger partial charge in [-0.3, -0.25) is 24.3 Å². The Labute approximate surface area is 261 Å². The number of H-pyrrole nitrogens is 1. The second kappa shape index (κ2) is 16.3. The van der Waals surface area contributed by atoms with E-state index in [9.17, 15) is 19.2 Å². The van der Waals surface area contributed by atoms with Crippen LogP contribution in [0.15, 0.2) is 47.0 Å². The zero-order chi connectivity index (χ0) is 32.9. The Morgan fingerprint density at radius 2 is 1.48 bits per heavy atom. The van der Waals surface area contributed by atoms with Crippen molar-refractivity contribution in [3.63, 3.8) is 0 Å². The van der Waals surface area contributed by atoms with Gasteiger partial charge in [0.05, 0.1) is 0 Å². The van der Waals surface area contributed by atoms with Gasteiger partial charge in [0.25, 0.3) is 17.4 Å². The van der Waals surface area contributed by atoms with Gasteiger partial charge in [-0.2, -0.15) is 5.10 Å². The molecule has 0 atom stereocenters. The van der Waals surface area contributed by atoms with Crippen LogP contribution in [0.25, 0.3) is 11.0 Å². The fraction of sp³-hybridized carbons (Fsp3) is 0.333. The minimum absolute atomic E-state index is 0.0634. The van der Waals surface area contributed by atoms with Crippen LogP contribution in [0.4, 0.5) is 5.82 Å². The lowest BCUT2D eigenvalue weighted by Gasteiger charge is -2.19. The van der Waals surface area contributed by atoms with E-state index < -0.39 is 11.9 Å². The van der Waals surface area contributed by atoms with Crippen LogP contribution >= 0.6 is 0 Å². The molecule has 2 amide bonds. The van der Waals surface area contributed by atoms with Crippen LogP contribution in [-0.2, 0) is 0 Å². The van der Waals surface area contributed by atoms with Gasteiger partial charge in [-0.1, -0.05) is 0 Å². The summed E-state index contributed by atoms with van der Waals surface area (Å²) < 4.78 is 0. The molecule has 0 radical (unpaired) electrons. The van der Waals surface area contributed by atoms with Gasteiger partial charge < -0.3 is 27.2 Å². The number of hydrogen-bond donors (Lipinski definition) is 6. The number of amides is 2. The lowest BCUT2D eigenvalue weighted by atomic mass is 10.3. The van der Waals surface area contributed by atoms with Gasteiger partial charge in [0.1, 0.15) is 11.2 Å². The molecule has 0 aromatic carbocycles. The molecule has 19 heteroatoms. The summed E-state index contributed by atoms with van der Waals surface area (Å²) in [6, 6.07) is 0. The molecular formula is C27H32N14O5. The molecule has 2 aliphatic heterocycles. The van der Waals surface area contributed by atoms with Crippen molar-refractivity contribution in [1.29, 1.82) is 0 Å². The fourth-order valence-electron chi connectivity index (χ4n) is 4.16. The number of rotatable bonds is 9. The van der Waals surface area contributed by atoms with E-state index in [1.807, 2.05) is 0 Å². The Balaban J connectivity index is 0.000000157. The third-order valence-corrected chi connectivity index (χ3v) is 6.28. The minimum Gasteiger partial charge on any atom is -0.476 e. The van der Waals surface area contributed by atoms with Crippen molar-refractivity contribution in [3.8, 4) is 0 Å². The highest BCUT2D eigenvalue weighted by Crippen LogP contribution is 2.21. The number of nitrogens with one attached hydrogen (secondary N) is 3. The molecule has 0 spiro atoms. The zero-order valence-corrected chi connectivity index (χ0v) is 24.6. The summed E-state index contributed by atoms with van der Waals surface area (Å²) in [4.78, 5) is 74.9. The molecule has 19 nitrogen and oxygen atoms in total. The van der Waals surface area contributed by atoms with Gasteiger partial charge in [0, 0.05) is 63.4 Å². The van der Waals surface area contributed by atoms with Crippen molar-refractivity contribution < 1.29 is 19.5 Å². The number of nitrogens with two attached hydrogens (primary N) is 2. The summed E-state index contributed by atoms with van der Waals surface area (Å²) in [5.74, 6) is -0.678. The summed E-state index contributed by atoms with van der Waals surface area (Å²) >= 11 is 0. The monoisotopic (exact) mass is 632 g/mol. The van der Waals surface area contributed by atoms with Crippen molar-refractivity contribution in [2.45, 2.75) is 19.3 Å². The molecule has 6 rings (SSSR count). The molecule has 240 valence electrons. The number of carboxylic acids is 1. The Hall–Kier alpha value is -5.82. The average Bonchev–Trinajstić information content (AvgIpc) is 3.38. The number of amidine groups is 1. The lowest BCUT2D eigenvalue weighted by molar-refractivity contribution is 0.0682. The molecule has 0 bridgehead atoms. The second-order valence-electron chi connectivity index (χ2n) is 9.45. The first kappa shape index (κ1) is 33.1. The third kappa shape index (κ3) is 8.01.